The highest BCUT2D eigenvalue weighted by molar-refractivity contribution is 5.77. The molecule has 0 aliphatic heterocycles. The summed E-state index contributed by atoms with van der Waals surface area (Å²) < 4.78 is 37.9. The van der Waals surface area contributed by atoms with E-state index in [-0.39, 0.29) is 0 Å². The van der Waals surface area contributed by atoms with Crippen LogP contribution in [0.4, 0.5) is 13.2 Å². The van der Waals surface area contributed by atoms with Crippen molar-refractivity contribution in [3.63, 3.8) is 0 Å². The van der Waals surface area contributed by atoms with Crippen LogP contribution in [0, 0.1) is 5.92 Å². The van der Waals surface area contributed by atoms with Crippen LogP contribution >= 0.6 is 0 Å². The van der Waals surface area contributed by atoms with Crippen LogP contribution in [-0.4, -0.2) is 11.1 Å². The summed E-state index contributed by atoms with van der Waals surface area (Å²) in [5, 5.41) is 8.99. The van der Waals surface area contributed by atoms with Crippen LogP contribution in [0.25, 0.3) is 0 Å². The molecule has 5 heteroatoms. The molecule has 1 aromatic carbocycles. The molecule has 0 radical (unpaired) electrons. The van der Waals surface area contributed by atoms with Gasteiger partial charge >= 0.3 is 12.1 Å². The minimum absolute atomic E-state index is 0.417. The molecule has 1 N–H and O–H groups in total. The van der Waals surface area contributed by atoms with Crippen molar-refractivity contribution in [2.75, 3.05) is 0 Å². The van der Waals surface area contributed by atoms with Gasteiger partial charge < -0.3 is 5.11 Å². The van der Waals surface area contributed by atoms with Gasteiger partial charge in [0.1, 0.15) is 0 Å². The Morgan fingerprint density at radius 1 is 1.50 bits per heavy atom. The molecular weight excluding hydrogens is 245 g/mol. The lowest BCUT2D eigenvalue weighted by Gasteiger charge is -2.16. The summed E-state index contributed by atoms with van der Waals surface area (Å²) in [7, 11) is 0. The Bertz CT molecular complexity index is 481. The van der Waals surface area contributed by atoms with Crippen molar-refractivity contribution in [3.05, 3.63) is 35.4 Å². The smallest absolute Gasteiger partial charge is 0.416 e. The number of aliphatic carboxylic acids is 1. The average molecular weight is 258 g/mol. The second-order valence-electron chi connectivity index (χ2n) is 4.68. The number of alkyl halides is 3. The molecule has 0 bridgehead atoms. The summed E-state index contributed by atoms with van der Waals surface area (Å²) in [5.41, 5.74) is -0.858. The SMILES string of the molecule is CCC1(c2cccc(C(F)(F)F)c2)C[C@H]1C(=O)O. The molecule has 1 fully saturated rings. The third-order valence-corrected chi connectivity index (χ3v) is 3.77. The standard InChI is InChI=1S/C13H13F3O2/c1-2-12(7-10(12)11(17)18)8-4-3-5-9(6-8)13(14,15)16/h3-6,10H,2,7H2,1H3,(H,17,18)/t10-,12?/m0/s1. The number of carbonyl (C=O) groups is 1. The molecule has 0 aromatic heterocycles. The zero-order valence-electron chi connectivity index (χ0n) is 9.79. The van der Waals surface area contributed by atoms with Gasteiger partial charge in [-0.15, -0.1) is 0 Å². The molecule has 0 spiro atoms. The molecule has 1 saturated carbocycles. The minimum atomic E-state index is -4.39. The number of halogens is 3. The molecule has 0 amide bonds. The Labute approximate surface area is 102 Å². The average Bonchev–Trinajstić information content (AvgIpc) is 3.04. The Morgan fingerprint density at radius 3 is 2.61 bits per heavy atom. The van der Waals surface area contributed by atoms with E-state index in [1.54, 1.807) is 6.07 Å². The van der Waals surface area contributed by atoms with Gasteiger partial charge in [0.25, 0.3) is 0 Å². The van der Waals surface area contributed by atoms with Gasteiger partial charge in [0.2, 0.25) is 0 Å². The molecule has 1 aliphatic carbocycles. The first-order valence-electron chi connectivity index (χ1n) is 5.72. The number of hydrogen-bond donors (Lipinski definition) is 1. The molecule has 1 aliphatic rings. The Morgan fingerprint density at radius 2 is 2.17 bits per heavy atom. The summed E-state index contributed by atoms with van der Waals surface area (Å²) >= 11 is 0. The van der Waals surface area contributed by atoms with Gasteiger partial charge in [-0.3, -0.25) is 4.79 Å². The Kier molecular flexibility index (Phi) is 2.87. The van der Waals surface area contributed by atoms with E-state index in [0.29, 0.717) is 18.4 Å². The van der Waals surface area contributed by atoms with Crippen molar-refractivity contribution in [3.8, 4) is 0 Å². The predicted molar refractivity (Wildman–Crippen MR) is 59.2 cm³/mol. The van der Waals surface area contributed by atoms with E-state index in [9.17, 15) is 18.0 Å². The van der Waals surface area contributed by atoms with Crippen LogP contribution in [0.1, 0.15) is 30.9 Å². The van der Waals surface area contributed by atoms with Gasteiger partial charge in [-0.05, 0) is 24.5 Å². The molecule has 0 heterocycles. The Balaban J connectivity index is 2.38. The molecular formula is C13H13F3O2. The van der Waals surface area contributed by atoms with Crippen molar-refractivity contribution < 1.29 is 23.1 Å². The fourth-order valence-electron chi connectivity index (χ4n) is 2.55. The maximum atomic E-state index is 12.6. The lowest BCUT2D eigenvalue weighted by molar-refractivity contribution is -0.139. The molecule has 2 rings (SSSR count). The molecule has 2 nitrogen and oxygen atoms in total. The maximum absolute atomic E-state index is 12.6. The summed E-state index contributed by atoms with van der Waals surface area (Å²) in [6.45, 7) is 1.81. The molecule has 1 aromatic rings. The second kappa shape index (κ2) is 4.00. The largest absolute Gasteiger partial charge is 0.481 e. The zero-order valence-corrected chi connectivity index (χ0v) is 9.79. The second-order valence-corrected chi connectivity index (χ2v) is 4.68. The van der Waals surface area contributed by atoms with E-state index in [0.717, 1.165) is 12.1 Å². The maximum Gasteiger partial charge on any atom is 0.416 e. The molecule has 98 valence electrons. The van der Waals surface area contributed by atoms with Gasteiger partial charge in [-0.25, -0.2) is 0 Å². The van der Waals surface area contributed by atoms with E-state index in [1.807, 2.05) is 6.92 Å². The van der Waals surface area contributed by atoms with Crippen LogP contribution in [0.2, 0.25) is 0 Å². The lowest BCUT2D eigenvalue weighted by atomic mass is 9.89. The third kappa shape index (κ3) is 1.98. The predicted octanol–water partition coefficient (Wildman–Crippen LogP) is 3.46. The van der Waals surface area contributed by atoms with E-state index in [4.69, 9.17) is 5.11 Å². The van der Waals surface area contributed by atoms with Gasteiger partial charge in [0.05, 0.1) is 11.5 Å². The lowest BCUT2D eigenvalue weighted by Crippen LogP contribution is -2.15. The normalized spacial score (nSPS) is 27.0. The van der Waals surface area contributed by atoms with Gasteiger partial charge in [-0.2, -0.15) is 13.2 Å². The van der Waals surface area contributed by atoms with Crippen LogP contribution in [0.15, 0.2) is 24.3 Å². The quantitative estimate of drug-likeness (QED) is 0.901. The highest BCUT2D eigenvalue weighted by Gasteiger charge is 2.58. The monoisotopic (exact) mass is 258 g/mol. The highest BCUT2D eigenvalue weighted by atomic mass is 19.4. The molecule has 1 unspecified atom stereocenters. The number of hydrogen-bond acceptors (Lipinski definition) is 1. The van der Waals surface area contributed by atoms with Crippen LogP contribution < -0.4 is 0 Å². The zero-order chi connectivity index (χ0) is 13.6. The van der Waals surface area contributed by atoms with Crippen molar-refractivity contribution in [1.29, 1.82) is 0 Å². The minimum Gasteiger partial charge on any atom is -0.481 e. The van der Waals surface area contributed by atoms with Gasteiger partial charge in [0.15, 0.2) is 0 Å². The summed E-state index contributed by atoms with van der Waals surface area (Å²) in [5.74, 6) is -1.50. The first-order chi connectivity index (χ1) is 8.31. The Hall–Kier alpha value is -1.52. The summed E-state index contributed by atoms with van der Waals surface area (Å²) in [6.07, 6.45) is -3.44. The fraction of sp³-hybridized carbons (Fsp3) is 0.462. The molecule has 2 atom stereocenters. The highest BCUT2D eigenvalue weighted by Crippen LogP contribution is 2.57. The summed E-state index contributed by atoms with van der Waals surface area (Å²) in [6, 6.07) is 5.01. The molecule has 0 saturated heterocycles. The summed E-state index contributed by atoms with van der Waals surface area (Å²) in [4.78, 5) is 11.0. The number of carboxylic acid groups (broad SMARTS) is 1. The van der Waals surface area contributed by atoms with Crippen molar-refractivity contribution >= 4 is 5.97 Å². The molecule has 18 heavy (non-hydrogen) atoms. The van der Waals surface area contributed by atoms with E-state index in [1.165, 1.54) is 6.07 Å². The van der Waals surface area contributed by atoms with Gasteiger partial charge in [0, 0.05) is 5.41 Å². The fourth-order valence-corrected chi connectivity index (χ4v) is 2.55. The van der Waals surface area contributed by atoms with Crippen LogP contribution in [0.3, 0.4) is 0 Å². The topological polar surface area (TPSA) is 37.3 Å². The van der Waals surface area contributed by atoms with E-state index >= 15 is 0 Å². The van der Waals surface area contributed by atoms with Crippen LogP contribution in [-0.2, 0) is 16.4 Å². The third-order valence-electron chi connectivity index (χ3n) is 3.77. The number of benzene rings is 1. The van der Waals surface area contributed by atoms with E-state index < -0.39 is 29.0 Å². The number of rotatable bonds is 3. The van der Waals surface area contributed by atoms with E-state index in [2.05, 4.69) is 0 Å². The van der Waals surface area contributed by atoms with Crippen molar-refractivity contribution in [2.24, 2.45) is 5.92 Å². The van der Waals surface area contributed by atoms with Crippen molar-refractivity contribution in [1.82, 2.24) is 0 Å². The first kappa shape index (κ1) is 12.9. The van der Waals surface area contributed by atoms with Crippen LogP contribution in [0.5, 0.6) is 0 Å². The van der Waals surface area contributed by atoms with Crippen molar-refractivity contribution in [2.45, 2.75) is 31.4 Å². The first-order valence-corrected chi connectivity index (χ1v) is 5.72. The van der Waals surface area contributed by atoms with Gasteiger partial charge in [-0.1, -0.05) is 25.1 Å². The number of carboxylic acids is 1.